The van der Waals surface area contributed by atoms with Gasteiger partial charge in [0.2, 0.25) is 5.91 Å². The Morgan fingerprint density at radius 2 is 1.73 bits per heavy atom. The molecule has 3 aromatic rings. The Hall–Kier alpha value is -3.29. The summed E-state index contributed by atoms with van der Waals surface area (Å²) in [6, 6.07) is 13.5. The van der Waals surface area contributed by atoms with Crippen molar-refractivity contribution < 1.29 is 22.7 Å². The van der Waals surface area contributed by atoms with E-state index in [1.54, 1.807) is 24.3 Å². The summed E-state index contributed by atoms with van der Waals surface area (Å²) >= 11 is 0. The highest BCUT2D eigenvalue weighted by Crippen LogP contribution is 2.23. The molecule has 0 unspecified atom stereocenters. The third-order valence-electron chi connectivity index (χ3n) is 3.57. The number of halogens is 3. The lowest BCUT2D eigenvalue weighted by Crippen LogP contribution is -2.27. The van der Waals surface area contributed by atoms with E-state index in [2.05, 4.69) is 10.1 Å². The summed E-state index contributed by atoms with van der Waals surface area (Å²) < 4.78 is 41.4. The molecular formula is C18H13F3N2O3. The number of ether oxygens (including phenoxy) is 1. The van der Waals surface area contributed by atoms with Crippen molar-refractivity contribution in [2.45, 2.75) is 12.9 Å². The highest BCUT2D eigenvalue weighted by atomic mass is 19.4. The lowest BCUT2D eigenvalue weighted by atomic mass is 10.2. The van der Waals surface area contributed by atoms with Crippen LogP contribution in [-0.2, 0) is 11.3 Å². The Morgan fingerprint density at radius 3 is 2.42 bits per heavy atom. The van der Waals surface area contributed by atoms with Crippen molar-refractivity contribution in [1.29, 1.82) is 0 Å². The predicted octanol–water partition coefficient (Wildman–Crippen LogP) is 3.54. The topological polar surface area (TPSA) is 60.3 Å². The molecule has 1 N–H and O–H groups in total. The van der Waals surface area contributed by atoms with Crippen LogP contribution in [0.25, 0.3) is 10.8 Å². The first-order valence-corrected chi connectivity index (χ1v) is 7.56. The number of carbonyl (C=O) groups excluding carboxylic acids is 1. The van der Waals surface area contributed by atoms with E-state index in [1.807, 2.05) is 6.07 Å². The summed E-state index contributed by atoms with van der Waals surface area (Å²) in [6.07, 6.45) is -3.26. The van der Waals surface area contributed by atoms with Gasteiger partial charge in [0.1, 0.15) is 12.3 Å². The van der Waals surface area contributed by atoms with Crippen LogP contribution in [0, 0.1) is 0 Å². The molecule has 0 aliphatic rings. The summed E-state index contributed by atoms with van der Waals surface area (Å²) in [5.74, 6) is -0.867. The smallest absolute Gasteiger partial charge is 0.406 e. The maximum atomic E-state index is 12.4. The van der Waals surface area contributed by atoms with Gasteiger partial charge in [-0.25, -0.2) is 0 Å². The Bertz CT molecular complexity index is 995. The molecule has 0 saturated carbocycles. The minimum atomic E-state index is -4.78. The number of nitrogens with one attached hydrogen (secondary N) is 1. The number of rotatable bonds is 4. The highest BCUT2D eigenvalue weighted by Gasteiger charge is 2.30. The molecule has 0 spiro atoms. The zero-order valence-electron chi connectivity index (χ0n) is 13.3. The van der Waals surface area contributed by atoms with Crippen LogP contribution >= 0.6 is 0 Å². The number of fused-ring (bicyclic) bond motifs is 1. The molecule has 0 radical (unpaired) electrons. The van der Waals surface area contributed by atoms with Gasteiger partial charge < -0.3 is 14.6 Å². The van der Waals surface area contributed by atoms with E-state index in [0.29, 0.717) is 11.1 Å². The largest absolute Gasteiger partial charge is 0.573 e. The lowest BCUT2D eigenvalue weighted by Gasteiger charge is -2.11. The number of hydrogen-bond donors (Lipinski definition) is 1. The third-order valence-corrected chi connectivity index (χ3v) is 3.57. The molecule has 0 saturated heterocycles. The van der Waals surface area contributed by atoms with Crippen molar-refractivity contribution in [2.75, 3.05) is 5.32 Å². The van der Waals surface area contributed by atoms with Gasteiger partial charge in [0.15, 0.2) is 0 Å². The van der Waals surface area contributed by atoms with Crippen molar-refractivity contribution in [3.63, 3.8) is 0 Å². The average Bonchev–Trinajstić information content (AvgIpc) is 2.58. The number of carbonyl (C=O) groups is 1. The summed E-state index contributed by atoms with van der Waals surface area (Å²) in [7, 11) is 0. The average molecular weight is 362 g/mol. The summed E-state index contributed by atoms with van der Waals surface area (Å²) in [4.78, 5) is 24.5. The van der Waals surface area contributed by atoms with Gasteiger partial charge in [0.25, 0.3) is 5.56 Å². The van der Waals surface area contributed by atoms with E-state index >= 15 is 0 Å². The maximum absolute atomic E-state index is 12.4. The van der Waals surface area contributed by atoms with Crippen molar-refractivity contribution in [3.05, 3.63) is 71.1 Å². The fourth-order valence-corrected chi connectivity index (χ4v) is 2.45. The van der Waals surface area contributed by atoms with Crippen molar-refractivity contribution >= 4 is 22.4 Å². The molecule has 0 aliphatic heterocycles. The fraction of sp³-hybridized carbons (Fsp3) is 0.111. The van der Waals surface area contributed by atoms with Crippen LogP contribution < -0.4 is 15.6 Å². The van der Waals surface area contributed by atoms with Gasteiger partial charge in [-0.15, -0.1) is 13.2 Å². The molecule has 26 heavy (non-hydrogen) atoms. The molecule has 2 aromatic carbocycles. The molecule has 1 aromatic heterocycles. The second-order valence-corrected chi connectivity index (χ2v) is 5.46. The maximum Gasteiger partial charge on any atom is 0.573 e. The third kappa shape index (κ3) is 4.21. The Labute approximate surface area is 145 Å². The van der Waals surface area contributed by atoms with Gasteiger partial charge >= 0.3 is 6.36 Å². The number of aromatic nitrogens is 1. The summed E-state index contributed by atoms with van der Waals surface area (Å²) in [6.45, 7) is -0.218. The van der Waals surface area contributed by atoms with Crippen LogP contribution in [0.1, 0.15) is 0 Å². The number of nitrogens with zero attached hydrogens (tertiary/aromatic N) is 1. The zero-order chi connectivity index (χ0) is 18.7. The molecule has 1 heterocycles. The Kier molecular flexibility index (Phi) is 4.66. The summed E-state index contributed by atoms with van der Waals surface area (Å²) in [5.41, 5.74) is -0.00876. The Morgan fingerprint density at radius 1 is 1.04 bits per heavy atom. The number of anilines is 1. The van der Waals surface area contributed by atoms with Gasteiger partial charge in [0, 0.05) is 17.3 Å². The second kappa shape index (κ2) is 6.91. The van der Waals surface area contributed by atoms with E-state index in [9.17, 15) is 22.8 Å². The standard InChI is InChI=1S/C18H13F3N2O3/c19-18(20,21)26-14-7-5-13(6-8-14)22-16(24)11-23-10-9-12-3-1-2-4-15(12)17(23)25/h1-10H,11H2,(H,22,24). The second-order valence-electron chi connectivity index (χ2n) is 5.46. The first-order chi connectivity index (χ1) is 12.3. The normalized spacial score (nSPS) is 11.3. The number of alkyl halides is 3. The van der Waals surface area contributed by atoms with E-state index in [-0.39, 0.29) is 17.9 Å². The first-order valence-electron chi connectivity index (χ1n) is 7.56. The van der Waals surface area contributed by atoms with E-state index in [4.69, 9.17) is 0 Å². The van der Waals surface area contributed by atoms with Crippen LogP contribution in [0.3, 0.4) is 0 Å². The summed E-state index contributed by atoms with van der Waals surface area (Å²) in [5, 5.41) is 3.79. The molecule has 0 fully saturated rings. The highest BCUT2D eigenvalue weighted by molar-refractivity contribution is 5.91. The van der Waals surface area contributed by atoms with Gasteiger partial charge in [-0.2, -0.15) is 0 Å². The predicted molar refractivity (Wildman–Crippen MR) is 90.0 cm³/mol. The molecule has 3 rings (SSSR count). The van der Waals surface area contributed by atoms with E-state index in [1.165, 1.54) is 22.9 Å². The number of hydrogen-bond acceptors (Lipinski definition) is 3. The van der Waals surface area contributed by atoms with Gasteiger partial charge in [-0.3, -0.25) is 9.59 Å². The minimum absolute atomic E-state index is 0.218. The van der Waals surface area contributed by atoms with E-state index < -0.39 is 12.3 Å². The molecule has 8 heteroatoms. The van der Waals surface area contributed by atoms with Crippen molar-refractivity contribution in [3.8, 4) is 5.75 Å². The van der Waals surface area contributed by atoms with Crippen LogP contribution in [0.5, 0.6) is 5.75 Å². The molecule has 134 valence electrons. The quantitative estimate of drug-likeness (QED) is 0.772. The van der Waals surface area contributed by atoms with Gasteiger partial charge in [-0.05, 0) is 41.8 Å². The van der Waals surface area contributed by atoms with E-state index in [0.717, 1.165) is 17.5 Å². The number of benzene rings is 2. The molecule has 0 atom stereocenters. The number of pyridine rings is 1. The van der Waals surface area contributed by atoms with Gasteiger partial charge in [-0.1, -0.05) is 18.2 Å². The fourth-order valence-electron chi connectivity index (χ4n) is 2.45. The molecule has 1 amide bonds. The minimum Gasteiger partial charge on any atom is -0.406 e. The first kappa shape index (κ1) is 17.5. The van der Waals surface area contributed by atoms with Crippen LogP contribution in [0.2, 0.25) is 0 Å². The monoisotopic (exact) mass is 362 g/mol. The SMILES string of the molecule is O=C(Cn1ccc2ccccc2c1=O)Nc1ccc(OC(F)(F)F)cc1. The van der Waals surface area contributed by atoms with Crippen molar-refractivity contribution in [1.82, 2.24) is 4.57 Å². The van der Waals surface area contributed by atoms with Crippen LogP contribution in [0.4, 0.5) is 18.9 Å². The lowest BCUT2D eigenvalue weighted by molar-refractivity contribution is -0.274. The van der Waals surface area contributed by atoms with Crippen LogP contribution in [-0.4, -0.2) is 16.8 Å². The molecule has 5 nitrogen and oxygen atoms in total. The Balaban J connectivity index is 1.69. The number of amides is 1. The van der Waals surface area contributed by atoms with Crippen LogP contribution in [0.15, 0.2) is 65.6 Å². The molecule has 0 bridgehead atoms. The zero-order valence-corrected chi connectivity index (χ0v) is 13.3. The molecular weight excluding hydrogens is 349 g/mol. The van der Waals surface area contributed by atoms with Gasteiger partial charge in [0.05, 0.1) is 0 Å². The van der Waals surface area contributed by atoms with Crippen molar-refractivity contribution in [2.24, 2.45) is 0 Å². The molecule has 0 aliphatic carbocycles.